The molecular weight excluding hydrogens is 212 g/mol. The monoisotopic (exact) mass is 230 g/mol. The van der Waals surface area contributed by atoms with Crippen molar-refractivity contribution in [1.29, 1.82) is 0 Å². The first-order valence-corrected chi connectivity index (χ1v) is 5.19. The van der Waals surface area contributed by atoms with Gasteiger partial charge >= 0.3 is 5.97 Å². The number of amides is 2. The maximum absolute atomic E-state index is 11.2. The Morgan fingerprint density at radius 1 is 1.38 bits per heavy atom. The summed E-state index contributed by atoms with van der Waals surface area (Å²) in [6.45, 7) is 2.79. The van der Waals surface area contributed by atoms with Crippen molar-refractivity contribution < 1.29 is 19.1 Å². The number of carbonyl (C=O) groups is 3. The van der Waals surface area contributed by atoms with Crippen LogP contribution >= 0.6 is 0 Å². The highest BCUT2D eigenvalue weighted by atomic mass is 16.5. The molecule has 1 atom stereocenters. The van der Waals surface area contributed by atoms with Crippen molar-refractivity contribution >= 4 is 17.8 Å². The molecule has 0 unspecified atom stereocenters. The topological polar surface area (TPSA) is 98.5 Å². The summed E-state index contributed by atoms with van der Waals surface area (Å²) in [5.74, 6) is -1.64. The lowest BCUT2D eigenvalue weighted by Gasteiger charge is -2.14. The highest BCUT2D eigenvalue weighted by Crippen LogP contribution is 1.99. The van der Waals surface area contributed by atoms with Gasteiger partial charge < -0.3 is 15.8 Å². The quantitative estimate of drug-likeness (QED) is 0.587. The summed E-state index contributed by atoms with van der Waals surface area (Å²) >= 11 is 0. The van der Waals surface area contributed by atoms with E-state index in [9.17, 15) is 14.4 Å². The van der Waals surface area contributed by atoms with Crippen molar-refractivity contribution in [1.82, 2.24) is 5.32 Å². The molecule has 0 rings (SSSR count). The average Bonchev–Trinajstić information content (AvgIpc) is 2.20. The summed E-state index contributed by atoms with van der Waals surface area (Å²) in [6.07, 6.45) is 2.20. The zero-order valence-corrected chi connectivity index (χ0v) is 9.62. The summed E-state index contributed by atoms with van der Waals surface area (Å²) < 4.78 is 4.49. The second-order valence-corrected chi connectivity index (χ2v) is 3.44. The third kappa shape index (κ3) is 6.80. The molecule has 0 aliphatic heterocycles. The van der Waals surface area contributed by atoms with Gasteiger partial charge in [-0.05, 0) is 6.42 Å². The lowest BCUT2D eigenvalue weighted by atomic mass is 10.1. The van der Waals surface area contributed by atoms with Crippen molar-refractivity contribution in [2.45, 2.75) is 39.2 Å². The van der Waals surface area contributed by atoms with Gasteiger partial charge in [-0.25, -0.2) is 0 Å². The lowest BCUT2D eigenvalue weighted by molar-refractivity contribution is -0.146. The van der Waals surface area contributed by atoms with Crippen LogP contribution in [0.4, 0.5) is 0 Å². The zero-order chi connectivity index (χ0) is 12.6. The standard InChI is InChI=1S/C10H18N2O4/c1-3-4-5-8(10(11)15)12-9(14)6-16-7(2)13/h8H,3-6H2,1-2H3,(H2,11,15)(H,12,14)/t8-/m0/s1. The van der Waals surface area contributed by atoms with Crippen LogP contribution in [0.25, 0.3) is 0 Å². The third-order valence-corrected chi connectivity index (χ3v) is 1.93. The van der Waals surface area contributed by atoms with E-state index in [0.29, 0.717) is 6.42 Å². The molecule has 0 aromatic heterocycles. The summed E-state index contributed by atoms with van der Waals surface area (Å²) in [4.78, 5) is 32.7. The van der Waals surface area contributed by atoms with Crippen LogP contribution in [0.3, 0.4) is 0 Å². The van der Waals surface area contributed by atoms with Crippen LogP contribution in [0.5, 0.6) is 0 Å². The normalized spacial score (nSPS) is 11.6. The molecule has 92 valence electrons. The Balaban J connectivity index is 4.02. The van der Waals surface area contributed by atoms with E-state index in [2.05, 4.69) is 10.1 Å². The van der Waals surface area contributed by atoms with Crippen molar-refractivity contribution in [3.05, 3.63) is 0 Å². The van der Waals surface area contributed by atoms with Crippen LogP contribution in [0, 0.1) is 0 Å². The van der Waals surface area contributed by atoms with Gasteiger partial charge in [0.25, 0.3) is 5.91 Å². The summed E-state index contributed by atoms with van der Waals surface area (Å²) in [5, 5.41) is 2.42. The van der Waals surface area contributed by atoms with Gasteiger partial charge in [0, 0.05) is 6.92 Å². The smallest absolute Gasteiger partial charge is 0.303 e. The molecule has 6 heteroatoms. The van der Waals surface area contributed by atoms with Crippen molar-refractivity contribution in [2.75, 3.05) is 6.61 Å². The molecule has 0 radical (unpaired) electrons. The van der Waals surface area contributed by atoms with E-state index in [1.165, 1.54) is 6.92 Å². The second-order valence-electron chi connectivity index (χ2n) is 3.44. The van der Waals surface area contributed by atoms with E-state index in [-0.39, 0.29) is 6.61 Å². The number of primary amides is 1. The molecule has 0 aliphatic carbocycles. The predicted molar refractivity (Wildman–Crippen MR) is 57.3 cm³/mol. The molecule has 16 heavy (non-hydrogen) atoms. The van der Waals surface area contributed by atoms with E-state index in [1.54, 1.807) is 0 Å². The van der Waals surface area contributed by atoms with E-state index in [4.69, 9.17) is 5.73 Å². The number of carbonyl (C=O) groups excluding carboxylic acids is 3. The number of unbranched alkanes of at least 4 members (excludes halogenated alkanes) is 1. The number of hydrogen-bond donors (Lipinski definition) is 2. The molecule has 0 heterocycles. The molecule has 0 bridgehead atoms. The minimum atomic E-state index is -0.692. The fourth-order valence-corrected chi connectivity index (χ4v) is 1.10. The first-order valence-electron chi connectivity index (χ1n) is 5.19. The van der Waals surface area contributed by atoms with Gasteiger partial charge in [0.1, 0.15) is 6.04 Å². The fourth-order valence-electron chi connectivity index (χ4n) is 1.10. The van der Waals surface area contributed by atoms with Crippen LogP contribution < -0.4 is 11.1 Å². The molecule has 0 aliphatic rings. The fraction of sp³-hybridized carbons (Fsp3) is 0.700. The predicted octanol–water partition coefficient (Wildman–Crippen LogP) is -0.290. The Kier molecular flexibility index (Phi) is 6.91. The van der Waals surface area contributed by atoms with Crippen LogP contribution in [-0.2, 0) is 19.1 Å². The first-order chi connectivity index (χ1) is 7.47. The molecule has 0 saturated carbocycles. The molecule has 0 saturated heterocycles. The van der Waals surface area contributed by atoms with Gasteiger partial charge in [-0.2, -0.15) is 0 Å². The highest BCUT2D eigenvalue weighted by Gasteiger charge is 2.17. The molecule has 0 fully saturated rings. The van der Waals surface area contributed by atoms with Crippen LogP contribution in [0.15, 0.2) is 0 Å². The van der Waals surface area contributed by atoms with Crippen LogP contribution in [0.1, 0.15) is 33.1 Å². The van der Waals surface area contributed by atoms with Crippen molar-refractivity contribution in [3.8, 4) is 0 Å². The largest absolute Gasteiger partial charge is 0.456 e. The minimum Gasteiger partial charge on any atom is -0.456 e. The van der Waals surface area contributed by atoms with Crippen molar-refractivity contribution in [2.24, 2.45) is 5.73 Å². The van der Waals surface area contributed by atoms with Crippen molar-refractivity contribution in [3.63, 3.8) is 0 Å². The number of ether oxygens (including phenoxy) is 1. The molecule has 0 spiro atoms. The van der Waals surface area contributed by atoms with Crippen LogP contribution in [-0.4, -0.2) is 30.4 Å². The molecule has 6 nitrogen and oxygen atoms in total. The first kappa shape index (κ1) is 14.4. The number of hydrogen-bond acceptors (Lipinski definition) is 4. The SMILES string of the molecule is CCCC[C@H](NC(=O)COC(C)=O)C(N)=O. The van der Waals surface area contributed by atoms with E-state index < -0.39 is 23.8 Å². The number of nitrogens with two attached hydrogens (primary N) is 1. The Hall–Kier alpha value is -1.59. The molecular formula is C10H18N2O4. The molecule has 2 amide bonds. The number of rotatable bonds is 7. The number of nitrogens with one attached hydrogen (secondary N) is 1. The minimum absolute atomic E-state index is 0.384. The van der Waals surface area contributed by atoms with Gasteiger partial charge in [0.2, 0.25) is 5.91 Å². The summed E-state index contributed by atoms with van der Waals surface area (Å²) in [6, 6.07) is -0.692. The van der Waals surface area contributed by atoms with Gasteiger partial charge in [-0.15, -0.1) is 0 Å². The Bertz CT molecular complexity index is 266. The second kappa shape index (κ2) is 7.67. The summed E-state index contributed by atoms with van der Waals surface area (Å²) in [7, 11) is 0. The lowest BCUT2D eigenvalue weighted by Crippen LogP contribution is -2.45. The van der Waals surface area contributed by atoms with E-state index in [1.807, 2.05) is 6.92 Å². The Morgan fingerprint density at radius 2 is 2.00 bits per heavy atom. The molecule has 3 N–H and O–H groups in total. The Labute approximate surface area is 94.5 Å². The average molecular weight is 230 g/mol. The van der Waals surface area contributed by atoms with Gasteiger partial charge in [-0.1, -0.05) is 19.8 Å². The molecule has 0 aromatic carbocycles. The third-order valence-electron chi connectivity index (χ3n) is 1.93. The number of esters is 1. The summed E-state index contributed by atoms with van der Waals surface area (Å²) in [5.41, 5.74) is 5.12. The zero-order valence-electron chi connectivity index (χ0n) is 9.62. The Morgan fingerprint density at radius 3 is 2.44 bits per heavy atom. The van der Waals surface area contributed by atoms with E-state index >= 15 is 0 Å². The maximum atomic E-state index is 11.2. The van der Waals surface area contributed by atoms with Gasteiger partial charge in [0.15, 0.2) is 6.61 Å². The van der Waals surface area contributed by atoms with Crippen LogP contribution in [0.2, 0.25) is 0 Å². The highest BCUT2D eigenvalue weighted by molar-refractivity contribution is 5.87. The van der Waals surface area contributed by atoms with E-state index in [0.717, 1.165) is 12.8 Å². The van der Waals surface area contributed by atoms with Gasteiger partial charge in [0.05, 0.1) is 0 Å². The van der Waals surface area contributed by atoms with Gasteiger partial charge in [-0.3, -0.25) is 14.4 Å². The molecule has 0 aromatic rings. The maximum Gasteiger partial charge on any atom is 0.303 e.